The summed E-state index contributed by atoms with van der Waals surface area (Å²) in [6, 6.07) is 7.85. The van der Waals surface area contributed by atoms with E-state index in [2.05, 4.69) is 20.6 Å². The van der Waals surface area contributed by atoms with Crippen LogP contribution in [0.2, 0.25) is 0 Å². The Morgan fingerprint density at radius 2 is 2.08 bits per heavy atom. The van der Waals surface area contributed by atoms with Crippen molar-refractivity contribution in [3.05, 3.63) is 35.8 Å². The third-order valence-corrected chi connectivity index (χ3v) is 5.43. The lowest BCUT2D eigenvalue weighted by molar-refractivity contribution is -0.00260. The standard InChI is InChI=1S/C19H24N4O2/c1-13-14-6-2-3-7-15(14)22-17(21-13)12-20-18(24)23-16-8-11-25-19(16)9-4-5-10-19/h2-3,6-7,16H,4-5,8-12H2,1H3,(H2,20,23,24). The van der Waals surface area contributed by atoms with E-state index in [0.717, 1.165) is 42.5 Å². The molecule has 4 rings (SSSR count). The first-order chi connectivity index (χ1) is 12.2. The van der Waals surface area contributed by atoms with Crippen LogP contribution in [-0.4, -0.2) is 34.2 Å². The normalized spacial score (nSPS) is 21.7. The summed E-state index contributed by atoms with van der Waals surface area (Å²) in [7, 11) is 0. The van der Waals surface area contributed by atoms with Gasteiger partial charge in [0.15, 0.2) is 0 Å². The van der Waals surface area contributed by atoms with Crippen molar-refractivity contribution in [3.63, 3.8) is 0 Å². The molecule has 2 amide bonds. The Hall–Kier alpha value is -2.21. The van der Waals surface area contributed by atoms with Crippen LogP contribution in [0.3, 0.4) is 0 Å². The number of fused-ring (bicyclic) bond motifs is 1. The van der Waals surface area contributed by atoms with Crippen LogP contribution in [0.1, 0.15) is 43.6 Å². The SMILES string of the molecule is Cc1nc(CNC(=O)NC2CCOC23CCCC3)nc2ccccc12. The zero-order valence-corrected chi connectivity index (χ0v) is 14.5. The average molecular weight is 340 g/mol. The highest BCUT2D eigenvalue weighted by Gasteiger charge is 2.46. The van der Waals surface area contributed by atoms with E-state index in [1.807, 2.05) is 31.2 Å². The van der Waals surface area contributed by atoms with Crippen LogP contribution in [0.15, 0.2) is 24.3 Å². The summed E-state index contributed by atoms with van der Waals surface area (Å²) in [5.41, 5.74) is 1.70. The molecule has 2 aliphatic rings. The summed E-state index contributed by atoms with van der Waals surface area (Å²) in [6.45, 7) is 3.02. The third-order valence-electron chi connectivity index (χ3n) is 5.43. The average Bonchev–Trinajstić information content (AvgIpc) is 3.24. The largest absolute Gasteiger partial charge is 0.373 e. The molecule has 1 spiro atoms. The topological polar surface area (TPSA) is 76.1 Å². The quantitative estimate of drug-likeness (QED) is 0.901. The molecule has 2 heterocycles. The summed E-state index contributed by atoms with van der Waals surface area (Å²) in [5, 5.41) is 7.04. The van der Waals surface area contributed by atoms with Gasteiger partial charge in [-0.3, -0.25) is 0 Å². The smallest absolute Gasteiger partial charge is 0.315 e. The molecule has 1 unspecified atom stereocenters. The number of carbonyl (C=O) groups excluding carboxylic acids is 1. The molecule has 2 N–H and O–H groups in total. The number of urea groups is 1. The molecule has 1 saturated carbocycles. The van der Waals surface area contributed by atoms with Gasteiger partial charge in [-0.15, -0.1) is 0 Å². The second kappa shape index (κ2) is 6.59. The fourth-order valence-electron chi connectivity index (χ4n) is 4.16. The second-order valence-corrected chi connectivity index (χ2v) is 7.03. The Morgan fingerprint density at radius 1 is 1.28 bits per heavy atom. The maximum atomic E-state index is 12.3. The molecule has 6 heteroatoms. The lowest BCUT2D eigenvalue weighted by atomic mass is 9.93. The minimum atomic E-state index is -0.170. The van der Waals surface area contributed by atoms with E-state index in [0.29, 0.717) is 12.4 Å². The highest BCUT2D eigenvalue weighted by atomic mass is 16.5. The van der Waals surface area contributed by atoms with Gasteiger partial charge >= 0.3 is 6.03 Å². The maximum Gasteiger partial charge on any atom is 0.315 e. The number of aromatic nitrogens is 2. The van der Waals surface area contributed by atoms with E-state index in [1.54, 1.807) is 0 Å². The molecule has 1 atom stereocenters. The number of para-hydroxylation sites is 1. The number of amides is 2. The predicted octanol–water partition coefficient (Wildman–Crippen LogP) is 2.84. The van der Waals surface area contributed by atoms with Crippen LogP contribution < -0.4 is 10.6 Å². The van der Waals surface area contributed by atoms with Crippen molar-refractivity contribution in [3.8, 4) is 0 Å². The van der Waals surface area contributed by atoms with Gasteiger partial charge in [-0.1, -0.05) is 31.0 Å². The van der Waals surface area contributed by atoms with Crippen molar-refractivity contribution in [1.82, 2.24) is 20.6 Å². The highest BCUT2D eigenvalue weighted by Crippen LogP contribution is 2.40. The zero-order chi connectivity index (χ0) is 17.3. The predicted molar refractivity (Wildman–Crippen MR) is 95.2 cm³/mol. The first kappa shape index (κ1) is 16.3. The maximum absolute atomic E-state index is 12.3. The first-order valence-corrected chi connectivity index (χ1v) is 9.07. The van der Waals surface area contributed by atoms with E-state index in [1.165, 1.54) is 12.8 Å². The molecule has 1 saturated heterocycles. The van der Waals surface area contributed by atoms with Gasteiger partial charge in [-0.05, 0) is 32.3 Å². The van der Waals surface area contributed by atoms with Gasteiger partial charge in [0.05, 0.1) is 23.7 Å². The third kappa shape index (κ3) is 3.18. The Labute approximate surface area is 147 Å². The Bertz CT molecular complexity index is 781. The number of ether oxygens (including phenoxy) is 1. The molecule has 6 nitrogen and oxygen atoms in total. The van der Waals surface area contributed by atoms with E-state index < -0.39 is 0 Å². The van der Waals surface area contributed by atoms with E-state index in [9.17, 15) is 4.79 Å². The Balaban J connectivity index is 1.39. The van der Waals surface area contributed by atoms with Crippen molar-refractivity contribution in [1.29, 1.82) is 0 Å². The van der Waals surface area contributed by atoms with Crippen LogP contribution in [-0.2, 0) is 11.3 Å². The summed E-state index contributed by atoms with van der Waals surface area (Å²) in [5.74, 6) is 0.629. The fourth-order valence-corrected chi connectivity index (χ4v) is 4.16. The fraction of sp³-hybridized carbons (Fsp3) is 0.526. The van der Waals surface area contributed by atoms with Crippen molar-refractivity contribution < 1.29 is 9.53 Å². The first-order valence-electron chi connectivity index (χ1n) is 9.07. The molecule has 1 aromatic carbocycles. The van der Waals surface area contributed by atoms with Crippen molar-refractivity contribution >= 4 is 16.9 Å². The molecule has 132 valence electrons. The molecule has 0 radical (unpaired) electrons. The number of nitrogens with one attached hydrogen (secondary N) is 2. The molecular formula is C19H24N4O2. The summed E-state index contributed by atoms with van der Waals surface area (Å²) >= 11 is 0. The molecule has 25 heavy (non-hydrogen) atoms. The van der Waals surface area contributed by atoms with Gasteiger partial charge in [0, 0.05) is 17.7 Å². The molecule has 1 aliphatic carbocycles. The van der Waals surface area contributed by atoms with E-state index >= 15 is 0 Å². The van der Waals surface area contributed by atoms with E-state index in [4.69, 9.17) is 4.74 Å². The van der Waals surface area contributed by atoms with Gasteiger partial charge in [0.2, 0.25) is 0 Å². The van der Waals surface area contributed by atoms with Crippen LogP contribution in [0.4, 0.5) is 4.79 Å². The summed E-state index contributed by atoms with van der Waals surface area (Å²) in [6.07, 6.45) is 5.35. The van der Waals surface area contributed by atoms with Gasteiger partial charge in [-0.2, -0.15) is 0 Å². The number of carbonyl (C=O) groups is 1. The monoisotopic (exact) mass is 340 g/mol. The van der Waals surface area contributed by atoms with Crippen LogP contribution in [0.25, 0.3) is 10.9 Å². The van der Waals surface area contributed by atoms with Crippen molar-refractivity contribution in [2.24, 2.45) is 0 Å². The number of hydrogen-bond donors (Lipinski definition) is 2. The molecular weight excluding hydrogens is 316 g/mol. The zero-order valence-electron chi connectivity index (χ0n) is 14.5. The van der Waals surface area contributed by atoms with Gasteiger partial charge < -0.3 is 15.4 Å². The lowest BCUT2D eigenvalue weighted by Crippen LogP contribution is -2.51. The molecule has 0 bridgehead atoms. The molecule has 1 aromatic heterocycles. The lowest BCUT2D eigenvalue weighted by Gasteiger charge is -2.30. The highest BCUT2D eigenvalue weighted by molar-refractivity contribution is 5.80. The Kier molecular flexibility index (Phi) is 4.29. The van der Waals surface area contributed by atoms with Crippen LogP contribution in [0, 0.1) is 6.92 Å². The molecule has 2 fully saturated rings. The van der Waals surface area contributed by atoms with Gasteiger partial charge in [0.1, 0.15) is 5.82 Å². The number of aryl methyl sites for hydroxylation is 1. The summed E-state index contributed by atoms with van der Waals surface area (Å²) in [4.78, 5) is 21.4. The van der Waals surface area contributed by atoms with E-state index in [-0.39, 0.29) is 17.7 Å². The number of hydrogen-bond acceptors (Lipinski definition) is 4. The van der Waals surface area contributed by atoms with Gasteiger partial charge in [0.25, 0.3) is 0 Å². The minimum absolute atomic E-state index is 0.106. The Morgan fingerprint density at radius 3 is 2.92 bits per heavy atom. The second-order valence-electron chi connectivity index (χ2n) is 7.03. The van der Waals surface area contributed by atoms with Gasteiger partial charge in [-0.25, -0.2) is 14.8 Å². The van der Waals surface area contributed by atoms with Crippen molar-refractivity contribution in [2.75, 3.05) is 6.61 Å². The van der Waals surface area contributed by atoms with Crippen LogP contribution >= 0.6 is 0 Å². The number of nitrogens with zero attached hydrogens (tertiary/aromatic N) is 2. The molecule has 1 aliphatic heterocycles. The minimum Gasteiger partial charge on any atom is -0.373 e. The molecule has 2 aromatic rings. The number of rotatable bonds is 3. The van der Waals surface area contributed by atoms with Crippen molar-refractivity contribution in [2.45, 2.75) is 57.2 Å². The summed E-state index contributed by atoms with van der Waals surface area (Å²) < 4.78 is 5.97. The van der Waals surface area contributed by atoms with Crippen LogP contribution in [0.5, 0.6) is 0 Å². The number of benzene rings is 1.